The van der Waals surface area contributed by atoms with Gasteiger partial charge in [0.1, 0.15) is 0 Å². The number of hydrogen-bond acceptors (Lipinski definition) is 2. The average molecular weight is 276 g/mol. The van der Waals surface area contributed by atoms with Crippen LogP contribution in [0.3, 0.4) is 0 Å². The number of hydrogen-bond donors (Lipinski definition) is 1. The third kappa shape index (κ3) is 4.34. The minimum Gasteiger partial charge on any atom is -0.339 e. The average Bonchev–Trinajstić information content (AvgIpc) is 2.42. The zero-order valence-electron chi connectivity index (χ0n) is 13.3. The van der Waals surface area contributed by atoms with Crippen molar-refractivity contribution in [1.29, 1.82) is 0 Å². The molecule has 2 N–H and O–H groups in total. The fourth-order valence-electron chi connectivity index (χ4n) is 2.36. The summed E-state index contributed by atoms with van der Waals surface area (Å²) in [6.07, 6.45) is 1.82. The van der Waals surface area contributed by atoms with E-state index in [1.165, 1.54) is 0 Å². The van der Waals surface area contributed by atoms with E-state index in [1.807, 2.05) is 23.1 Å². The maximum Gasteiger partial charge on any atom is 0.254 e. The molecule has 20 heavy (non-hydrogen) atoms. The molecule has 0 heterocycles. The number of carbonyl (C=O) groups excluding carboxylic acids is 1. The van der Waals surface area contributed by atoms with Crippen LogP contribution in [0.5, 0.6) is 0 Å². The molecular formula is C17H28N2O. The number of amides is 1. The molecular weight excluding hydrogens is 248 g/mol. The predicted octanol–water partition coefficient (Wildman–Crippen LogP) is 3.19. The van der Waals surface area contributed by atoms with E-state index in [0.717, 1.165) is 37.1 Å². The Labute approximate surface area is 123 Å². The van der Waals surface area contributed by atoms with Crippen LogP contribution in [0.4, 0.5) is 0 Å². The van der Waals surface area contributed by atoms with Crippen molar-refractivity contribution in [1.82, 2.24) is 4.90 Å². The second-order valence-electron chi connectivity index (χ2n) is 6.23. The number of benzene rings is 1. The first-order valence-corrected chi connectivity index (χ1v) is 7.50. The largest absolute Gasteiger partial charge is 0.339 e. The zero-order chi connectivity index (χ0) is 15.2. The summed E-state index contributed by atoms with van der Waals surface area (Å²) in [5.74, 6) is 0.130. The lowest BCUT2D eigenvalue weighted by Crippen LogP contribution is -2.35. The number of nitrogens with two attached hydrogens (primary N) is 1. The van der Waals surface area contributed by atoms with Gasteiger partial charge < -0.3 is 10.6 Å². The Hall–Kier alpha value is -1.35. The third-order valence-corrected chi connectivity index (χ3v) is 3.38. The predicted molar refractivity (Wildman–Crippen MR) is 85.0 cm³/mol. The summed E-state index contributed by atoms with van der Waals surface area (Å²) in [7, 11) is 0. The fourth-order valence-corrected chi connectivity index (χ4v) is 2.36. The minimum atomic E-state index is -0.0298. The third-order valence-electron chi connectivity index (χ3n) is 3.38. The van der Waals surface area contributed by atoms with E-state index in [2.05, 4.69) is 33.8 Å². The van der Waals surface area contributed by atoms with Crippen molar-refractivity contribution >= 4 is 5.91 Å². The Morgan fingerprint density at radius 2 is 1.85 bits per heavy atom. The van der Waals surface area contributed by atoms with E-state index in [4.69, 9.17) is 5.73 Å². The highest BCUT2D eigenvalue weighted by molar-refractivity contribution is 5.96. The van der Waals surface area contributed by atoms with Gasteiger partial charge in [-0.1, -0.05) is 45.9 Å². The summed E-state index contributed by atoms with van der Waals surface area (Å²) in [5, 5.41) is 0. The van der Waals surface area contributed by atoms with Crippen molar-refractivity contribution in [3.63, 3.8) is 0 Å². The Morgan fingerprint density at radius 1 is 1.20 bits per heavy atom. The van der Waals surface area contributed by atoms with Crippen LogP contribution < -0.4 is 5.73 Å². The van der Waals surface area contributed by atoms with Gasteiger partial charge in [-0.25, -0.2) is 0 Å². The molecule has 0 aliphatic rings. The first-order chi connectivity index (χ1) is 9.41. The maximum atomic E-state index is 12.8. The van der Waals surface area contributed by atoms with Crippen LogP contribution in [0.15, 0.2) is 24.3 Å². The van der Waals surface area contributed by atoms with Gasteiger partial charge in [-0.05, 0) is 36.4 Å². The summed E-state index contributed by atoms with van der Waals surface area (Å²) in [6, 6.07) is 7.94. The molecule has 3 nitrogen and oxygen atoms in total. The van der Waals surface area contributed by atoms with Gasteiger partial charge in [0.15, 0.2) is 0 Å². The van der Waals surface area contributed by atoms with Crippen molar-refractivity contribution in [2.24, 2.45) is 5.73 Å². The van der Waals surface area contributed by atoms with E-state index in [0.29, 0.717) is 6.54 Å². The SMILES string of the molecule is CCCN(CCCN)C(=O)c1ccccc1C(C)(C)C. The van der Waals surface area contributed by atoms with E-state index in [9.17, 15) is 4.79 Å². The van der Waals surface area contributed by atoms with E-state index in [1.54, 1.807) is 0 Å². The standard InChI is InChI=1S/C17H28N2O/c1-5-12-19(13-8-11-18)16(20)14-9-6-7-10-15(14)17(2,3)4/h6-7,9-10H,5,8,11-13,18H2,1-4H3. The summed E-state index contributed by atoms with van der Waals surface area (Å²) in [5.41, 5.74) is 7.48. The Bertz CT molecular complexity index is 435. The Kier molecular flexibility index (Phi) is 6.21. The minimum absolute atomic E-state index is 0.0298. The fraction of sp³-hybridized carbons (Fsp3) is 0.588. The topological polar surface area (TPSA) is 46.3 Å². The molecule has 0 aromatic heterocycles. The molecule has 0 atom stereocenters. The molecule has 0 saturated carbocycles. The Morgan fingerprint density at radius 3 is 2.40 bits per heavy atom. The molecule has 1 aromatic rings. The molecule has 1 rings (SSSR count). The van der Waals surface area contributed by atoms with E-state index < -0.39 is 0 Å². The molecule has 0 aliphatic carbocycles. The van der Waals surface area contributed by atoms with Gasteiger partial charge in [0.05, 0.1) is 0 Å². The van der Waals surface area contributed by atoms with Gasteiger partial charge in [-0.15, -0.1) is 0 Å². The number of rotatable bonds is 6. The van der Waals surface area contributed by atoms with Crippen LogP contribution in [0, 0.1) is 0 Å². The molecule has 0 aliphatic heterocycles. The molecule has 3 heteroatoms. The molecule has 1 aromatic carbocycles. The van der Waals surface area contributed by atoms with Gasteiger partial charge in [-0.3, -0.25) is 4.79 Å². The van der Waals surface area contributed by atoms with Crippen LogP contribution in [-0.4, -0.2) is 30.4 Å². The normalized spacial score (nSPS) is 11.4. The Balaban J connectivity index is 3.05. The first-order valence-electron chi connectivity index (χ1n) is 7.50. The van der Waals surface area contributed by atoms with Crippen LogP contribution in [0.2, 0.25) is 0 Å². The molecule has 0 unspecified atom stereocenters. The van der Waals surface area contributed by atoms with Gasteiger partial charge in [0.25, 0.3) is 5.91 Å². The van der Waals surface area contributed by atoms with Crippen molar-refractivity contribution < 1.29 is 4.79 Å². The highest BCUT2D eigenvalue weighted by Gasteiger charge is 2.23. The highest BCUT2D eigenvalue weighted by Crippen LogP contribution is 2.26. The molecule has 0 radical (unpaired) electrons. The van der Waals surface area contributed by atoms with Crippen LogP contribution in [0.1, 0.15) is 56.5 Å². The lowest BCUT2D eigenvalue weighted by Gasteiger charge is -2.27. The molecule has 0 bridgehead atoms. The monoisotopic (exact) mass is 276 g/mol. The van der Waals surface area contributed by atoms with Gasteiger partial charge in [0.2, 0.25) is 0 Å². The second-order valence-corrected chi connectivity index (χ2v) is 6.23. The lowest BCUT2D eigenvalue weighted by molar-refractivity contribution is 0.0752. The quantitative estimate of drug-likeness (QED) is 0.867. The smallest absolute Gasteiger partial charge is 0.254 e. The molecule has 0 spiro atoms. The van der Waals surface area contributed by atoms with Gasteiger partial charge >= 0.3 is 0 Å². The van der Waals surface area contributed by atoms with Crippen molar-refractivity contribution in [2.45, 2.75) is 46.0 Å². The summed E-state index contributed by atoms with van der Waals surface area (Å²) in [6.45, 7) is 10.7. The van der Waals surface area contributed by atoms with Crippen LogP contribution >= 0.6 is 0 Å². The second kappa shape index (κ2) is 7.44. The highest BCUT2D eigenvalue weighted by atomic mass is 16.2. The number of carbonyl (C=O) groups is 1. The molecule has 0 saturated heterocycles. The van der Waals surface area contributed by atoms with Gasteiger partial charge in [-0.2, -0.15) is 0 Å². The zero-order valence-corrected chi connectivity index (χ0v) is 13.3. The number of nitrogens with zero attached hydrogens (tertiary/aromatic N) is 1. The molecule has 112 valence electrons. The van der Waals surface area contributed by atoms with Crippen molar-refractivity contribution in [2.75, 3.05) is 19.6 Å². The van der Waals surface area contributed by atoms with Crippen LogP contribution in [-0.2, 0) is 5.41 Å². The van der Waals surface area contributed by atoms with Crippen molar-refractivity contribution in [3.05, 3.63) is 35.4 Å². The lowest BCUT2D eigenvalue weighted by atomic mass is 9.83. The molecule has 0 fully saturated rings. The van der Waals surface area contributed by atoms with E-state index in [-0.39, 0.29) is 11.3 Å². The van der Waals surface area contributed by atoms with Crippen LogP contribution in [0.25, 0.3) is 0 Å². The first kappa shape index (κ1) is 16.7. The van der Waals surface area contributed by atoms with Gasteiger partial charge in [0, 0.05) is 18.7 Å². The molecule has 1 amide bonds. The maximum absolute atomic E-state index is 12.8. The summed E-state index contributed by atoms with van der Waals surface area (Å²) in [4.78, 5) is 14.7. The van der Waals surface area contributed by atoms with Crippen molar-refractivity contribution in [3.8, 4) is 0 Å². The summed E-state index contributed by atoms with van der Waals surface area (Å²) < 4.78 is 0. The summed E-state index contributed by atoms with van der Waals surface area (Å²) >= 11 is 0. The van der Waals surface area contributed by atoms with E-state index >= 15 is 0 Å².